The third-order valence-electron chi connectivity index (χ3n) is 5.15. The highest BCUT2D eigenvalue weighted by Gasteiger charge is 2.22. The molecule has 0 atom stereocenters. The Morgan fingerprint density at radius 3 is 2.89 bits per heavy atom. The number of thiophene rings is 1. The number of hydrogen-bond acceptors (Lipinski definition) is 5. The van der Waals surface area contributed by atoms with Crippen molar-refractivity contribution < 1.29 is 4.74 Å². The van der Waals surface area contributed by atoms with Gasteiger partial charge in [-0.15, -0.1) is 11.3 Å². The fraction of sp³-hybridized carbons (Fsp3) is 0.333. The van der Waals surface area contributed by atoms with Crippen LogP contribution in [-0.4, -0.2) is 28.5 Å². The minimum absolute atomic E-state index is 0.000442. The van der Waals surface area contributed by atoms with Crippen molar-refractivity contribution in [3.05, 3.63) is 67.9 Å². The van der Waals surface area contributed by atoms with Crippen molar-refractivity contribution in [3.8, 4) is 16.5 Å². The van der Waals surface area contributed by atoms with Crippen LogP contribution in [0.15, 0.2) is 34.4 Å². The summed E-state index contributed by atoms with van der Waals surface area (Å²) in [5, 5.41) is 2.00. The zero-order valence-corrected chi connectivity index (χ0v) is 16.7. The van der Waals surface area contributed by atoms with Crippen LogP contribution >= 0.6 is 11.3 Å². The Morgan fingerprint density at radius 2 is 2.15 bits per heavy atom. The minimum Gasteiger partial charge on any atom is -0.496 e. The van der Waals surface area contributed by atoms with Gasteiger partial charge in [-0.2, -0.15) is 0 Å². The van der Waals surface area contributed by atoms with Crippen LogP contribution in [0.2, 0.25) is 0 Å². The molecule has 1 aromatic carbocycles. The molecule has 1 aliphatic heterocycles. The number of benzene rings is 1. The Kier molecular flexibility index (Phi) is 4.85. The molecule has 27 heavy (non-hydrogen) atoms. The molecule has 140 valence electrons. The zero-order chi connectivity index (χ0) is 19.0. The van der Waals surface area contributed by atoms with E-state index in [1.54, 1.807) is 18.4 Å². The van der Waals surface area contributed by atoms with E-state index in [9.17, 15) is 4.79 Å². The summed E-state index contributed by atoms with van der Waals surface area (Å²) in [6.45, 7) is 6.59. The van der Waals surface area contributed by atoms with Gasteiger partial charge in [0.15, 0.2) is 5.82 Å². The van der Waals surface area contributed by atoms with Gasteiger partial charge in [0.2, 0.25) is 0 Å². The van der Waals surface area contributed by atoms with Gasteiger partial charge in [-0.05, 0) is 54.5 Å². The number of H-pyrrole nitrogens is 1. The topological polar surface area (TPSA) is 58.2 Å². The van der Waals surface area contributed by atoms with Crippen molar-refractivity contribution in [2.24, 2.45) is 0 Å². The van der Waals surface area contributed by atoms with E-state index < -0.39 is 0 Å². The highest BCUT2D eigenvalue weighted by Crippen LogP contribution is 2.26. The van der Waals surface area contributed by atoms with Gasteiger partial charge < -0.3 is 9.72 Å². The lowest BCUT2D eigenvalue weighted by Crippen LogP contribution is -2.35. The molecule has 1 N–H and O–H groups in total. The average Bonchev–Trinajstić information content (AvgIpc) is 3.19. The molecule has 2 aromatic heterocycles. The lowest BCUT2D eigenvalue weighted by molar-refractivity contribution is 0.240. The Bertz CT molecular complexity index is 1020. The van der Waals surface area contributed by atoms with Crippen LogP contribution in [0.25, 0.3) is 10.7 Å². The Balaban J connectivity index is 1.60. The monoisotopic (exact) mass is 381 g/mol. The molecule has 0 spiro atoms. The number of fused-ring (bicyclic) bond motifs is 1. The number of methoxy groups -OCH3 is 1. The van der Waals surface area contributed by atoms with E-state index in [2.05, 4.69) is 35.9 Å². The number of rotatable bonds is 4. The average molecular weight is 382 g/mol. The second-order valence-corrected chi connectivity index (χ2v) is 7.97. The summed E-state index contributed by atoms with van der Waals surface area (Å²) in [4.78, 5) is 23.6. The molecular formula is C21H23N3O2S. The van der Waals surface area contributed by atoms with Crippen molar-refractivity contribution in [1.29, 1.82) is 0 Å². The molecule has 0 bridgehead atoms. The number of ether oxygens (including phenoxy) is 1. The maximum atomic E-state index is 12.5. The number of aryl methyl sites for hydroxylation is 2. The maximum Gasteiger partial charge on any atom is 0.254 e. The lowest BCUT2D eigenvalue weighted by Gasteiger charge is -2.28. The summed E-state index contributed by atoms with van der Waals surface area (Å²) in [6, 6.07) is 8.26. The maximum absolute atomic E-state index is 12.5. The van der Waals surface area contributed by atoms with Crippen molar-refractivity contribution in [3.63, 3.8) is 0 Å². The molecule has 6 heteroatoms. The van der Waals surface area contributed by atoms with E-state index in [0.29, 0.717) is 12.4 Å². The predicted molar refractivity (Wildman–Crippen MR) is 108 cm³/mol. The molecule has 1 aliphatic rings. The Labute approximate surface area is 162 Å². The highest BCUT2D eigenvalue weighted by molar-refractivity contribution is 7.13. The largest absolute Gasteiger partial charge is 0.496 e. The molecule has 3 aromatic rings. The first-order chi connectivity index (χ1) is 13.0. The van der Waals surface area contributed by atoms with E-state index >= 15 is 0 Å². The van der Waals surface area contributed by atoms with E-state index in [-0.39, 0.29) is 5.56 Å². The fourth-order valence-electron chi connectivity index (χ4n) is 3.64. The molecule has 0 unspecified atom stereocenters. The van der Waals surface area contributed by atoms with E-state index in [0.717, 1.165) is 47.0 Å². The number of hydrogen-bond donors (Lipinski definition) is 1. The molecular weight excluding hydrogens is 358 g/mol. The SMILES string of the molecule is COc1cc(C)c(CN2CCc3c(nc(-c4cccs4)[nH]c3=O)C2)cc1C. The van der Waals surface area contributed by atoms with Gasteiger partial charge in [0.1, 0.15) is 5.75 Å². The zero-order valence-electron chi connectivity index (χ0n) is 15.8. The Hall–Kier alpha value is -2.44. The van der Waals surface area contributed by atoms with E-state index in [4.69, 9.17) is 9.72 Å². The van der Waals surface area contributed by atoms with Crippen LogP contribution in [0.5, 0.6) is 5.75 Å². The summed E-state index contributed by atoms with van der Waals surface area (Å²) >= 11 is 1.59. The Morgan fingerprint density at radius 1 is 1.30 bits per heavy atom. The number of nitrogens with zero attached hydrogens (tertiary/aromatic N) is 2. The minimum atomic E-state index is -0.000442. The first kappa shape index (κ1) is 17.9. The third-order valence-corrected chi connectivity index (χ3v) is 6.03. The molecule has 3 heterocycles. The molecule has 0 aliphatic carbocycles. The van der Waals surface area contributed by atoms with Crippen molar-refractivity contribution in [2.75, 3.05) is 13.7 Å². The van der Waals surface area contributed by atoms with Gasteiger partial charge in [0.05, 0.1) is 17.7 Å². The number of aromatic amines is 1. The van der Waals surface area contributed by atoms with Gasteiger partial charge in [-0.25, -0.2) is 4.98 Å². The first-order valence-electron chi connectivity index (χ1n) is 9.07. The third kappa shape index (κ3) is 3.55. The van der Waals surface area contributed by atoms with Crippen molar-refractivity contribution >= 4 is 11.3 Å². The van der Waals surface area contributed by atoms with E-state index in [1.165, 1.54) is 11.1 Å². The van der Waals surface area contributed by atoms with Gasteiger partial charge in [0, 0.05) is 25.2 Å². The van der Waals surface area contributed by atoms with Crippen molar-refractivity contribution in [2.45, 2.75) is 33.4 Å². The highest BCUT2D eigenvalue weighted by atomic mass is 32.1. The van der Waals surface area contributed by atoms with Gasteiger partial charge in [-0.1, -0.05) is 12.1 Å². The first-order valence-corrected chi connectivity index (χ1v) is 9.95. The van der Waals surface area contributed by atoms with Crippen LogP contribution < -0.4 is 10.3 Å². The van der Waals surface area contributed by atoms with Crippen LogP contribution in [0, 0.1) is 13.8 Å². The van der Waals surface area contributed by atoms with Crippen LogP contribution in [-0.2, 0) is 19.5 Å². The van der Waals surface area contributed by atoms with Crippen LogP contribution in [0.1, 0.15) is 27.9 Å². The van der Waals surface area contributed by atoms with Crippen LogP contribution in [0.4, 0.5) is 0 Å². The van der Waals surface area contributed by atoms with E-state index in [1.807, 2.05) is 17.5 Å². The number of aromatic nitrogens is 2. The predicted octanol–water partition coefficient (Wildman–Crippen LogP) is 3.68. The molecule has 4 rings (SSSR count). The van der Waals surface area contributed by atoms with Crippen molar-refractivity contribution in [1.82, 2.24) is 14.9 Å². The summed E-state index contributed by atoms with van der Waals surface area (Å²) < 4.78 is 5.42. The quantitative estimate of drug-likeness (QED) is 0.749. The summed E-state index contributed by atoms with van der Waals surface area (Å²) in [5.41, 5.74) is 5.39. The van der Waals surface area contributed by atoms with Gasteiger partial charge >= 0.3 is 0 Å². The summed E-state index contributed by atoms with van der Waals surface area (Å²) in [7, 11) is 1.71. The molecule has 0 fully saturated rings. The standard InChI is InChI=1S/C21H23N3O2S/c1-13-10-18(26-3)14(2)9-15(13)11-24-7-6-16-17(12-24)22-20(23-21(16)25)19-5-4-8-27-19/h4-5,8-10H,6-7,11-12H2,1-3H3,(H,22,23,25). The normalized spacial score (nSPS) is 14.2. The molecule has 0 amide bonds. The number of nitrogens with one attached hydrogen (secondary N) is 1. The lowest BCUT2D eigenvalue weighted by atomic mass is 10.0. The fourth-order valence-corrected chi connectivity index (χ4v) is 4.31. The van der Waals surface area contributed by atoms with Gasteiger partial charge in [0.25, 0.3) is 5.56 Å². The molecule has 0 radical (unpaired) electrons. The summed E-state index contributed by atoms with van der Waals surface area (Å²) in [6.07, 6.45) is 0.733. The second kappa shape index (κ2) is 7.29. The summed E-state index contributed by atoms with van der Waals surface area (Å²) in [5.74, 6) is 1.60. The molecule has 0 saturated carbocycles. The van der Waals surface area contributed by atoms with Gasteiger partial charge in [-0.3, -0.25) is 9.69 Å². The smallest absolute Gasteiger partial charge is 0.254 e. The molecule has 5 nitrogen and oxygen atoms in total. The van der Waals surface area contributed by atoms with Crippen LogP contribution in [0.3, 0.4) is 0 Å². The molecule has 0 saturated heterocycles. The second-order valence-electron chi connectivity index (χ2n) is 7.03.